The molecule has 0 unspecified atom stereocenters. The van der Waals surface area contributed by atoms with Gasteiger partial charge in [0.05, 0.1) is 11.9 Å². The van der Waals surface area contributed by atoms with Gasteiger partial charge < -0.3 is 4.74 Å². The van der Waals surface area contributed by atoms with Crippen LogP contribution in [0.15, 0.2) is 65.8 Å². The molecule has 0 aliphatic rings. The van der Waals surface area contributed by atoms with Crippen LogP contribution in [0.3, 0.4) is 0 Å². The minimum Gasteiger partial charge on any atom is -0.423 e. The number of carbonyl (C=O) groups is 2. The van der Waals surface area contributed by atoms with Gasteiger partial charge in [0, 0.05) is 6.08 Å². The fraction of sp³-hybridized carbons (Fsp3) is 0.0500. The number of hydrogen-bond donors (Lipinski definition) is 1. The Morgan fingerprint density at radius 2 is 1.82 bits per heavy atom. The maximum Gasteiger partial charge on any atom is 0.336 e. The van der Waals surface area contributed by atoms with Gasteiger partial charge in [-0.1, -0.05) is 34.8 Å². The summed E-state index contributed by atoms with van der Waals surface area (Å²) >= 11 is 1.01. The molecule has 140 valence electrons. The molecule has 3 aromatic rings. The summed E-state index contributed by atoms with van der Waals surface area (Å²) in [6, 6.07) is 16.2. The highest BCUT2D eigenvalue weighted by atomic mass is 32.1. The third kappa shape index (κ3) is 5.42. The number of aryl methyl sites for hydroxylation is 1. The molecule has 0 bridgehead atoms. The fourth-order valence-corrected chi connectivity index (χ4v) is 2.70. The van der Waals surface area contributed by atoms with Crippen molar-refractivity contribution in [3.63, 3.8) is 0 Å². The Balaban J connectivity index is 1.52. The minimum absolute atomic E-state index is 0.362. The minimum atomic E-state index is -0.467. The Morgan fingerprint density at radius 1 is 1.07 bits per heavy atom. The molecule has 8 heteroatoms. The smallest absolute Gasteiger partial charge is 0.336 e. The Hall–Kier alpha value is -3.65. The molecule has 1 N–H and O–H groups in total. The first kappa shape index (κ1) is 19.1. The first-order chi connectivity index (χ1) is 13.6. The van der Waals surface area contributed by atoms with Crippen LogP contribution in [0.5, 0.6) is 5.75 Å². The number of nitrogens with one attached hydrogen (secondary N) is 1. The maximum absolute atomic E-state index is 11.9. The average Bonchev–Trinajstić information content (AvgIpc) is 3.14. The lowest BCUT2D eigenvalue weighted by atomic mass is 10.2. The highest BCUT2D eigenvalue weighted by Crippen LogP contribution is 2.12. The van der Waals surface area contributed by atoms with Crippen LogP contribution in [-0.4, -0.2) is 27.7 Å². The van der Waals surface area contributed by atoms with Crippen LogP contribution in [0.4, 0.5) is 0 Å². The van der Waals surface area contributed by atoms with Crippen molar-refractivity contribution >= 4 is 35.7 Å². The summed E-state index contributed by atoms with van der Waals surface area (Å²) in [5.41, 5.74) is 4.63. The number of esters is 1. The van der Waals surface area contributed by atoms with Crippen LogP contribution >= 0.6 is 11.5 Å². The molecule has 7 nitrogen and oxygen atoms in total. The van der Waals surface area contributed by atoms with Crippen LogP contribution in [0.25, 0.3) is 6.08 Å². The van der Waals surface area contributed by atoms with Crippen molar-refractivity contribution in [2.24, 2.45) is 5.10 Å². The molecule has 3 rings (SSSR count). The fourth-order valence-electron chi connectivity index (χ4n) is 2.16. The number of hydrazone groups is 1. The van der Waals surface area contributed by atoms with Crippen molar-refractivity contribution in [2.45, 2.75) is 6.92 Å². The summed E-state index contributed by atoms with van der Waals surface area (Å²) in [7, 11) is 0. The number of amides is 1. The van der Waals surface area contributed by atoms with Crippen molar-refractivity contribution < 1.29 is 14.3 Å². The molecule has 0 fully saturated rings. The van der Waals surface area contributed by atoms with Crippen molar-refractivity contribution in [1.82, 2.24) is 15.0 Å². The molecular formula is C20H16N4O3S. The van der Waals surface area contributed by atoms with Gasteiger partial charge in [-0.05, 0) is 59.9 Å². The third-order valence-corrected chi connectivity index (χ3v) is 4.37. The molecular weight excluding hydrogens is 376 g/mol. The van der Waals surface area contributed by atoms with E-state index in [4.69, 9.17) is 4.74 Å². The Kier molecular flexibility index (Phi) is 6.37. The number of ether oxygens (including phenoxy) is 1. The monoisotopic (exact) mass is 392 g/mol. The molecule has 0 spiro atoms. The van der Waals surface area contributed by atoms with Crippen molar-refractivity contribution in [2.75, 3.05) is 0 Å². The summed E-state index contributed by atoms with van der Waals surface area (Å²) in [5, 5.41) is 7.68. The molecule has 1 heterocycles. The first-order valence-electron chi connectivity index (χ1n) is 8.29. The Morgan fingerprint density at radius 3 is 2.50 bits per heavy atom. The topological polar surface area (TPSA) is 93.5 Å². The lowest BCUT2D eigenvalue weighted by molar-refractivity contribution is -0.128. The van der Waals surface area contributed by atoms with Gasteiger partial charge in [0.25, 0.3) is 5.91 Å². The Bertz CT molecular complexity index is 1010. The van der Waals surface area contributed by atoms with E-state index in [1.165, 1.54) is 12.3 Å². The van der Waals surface area contributed by atoms with E-state index in [1.54, 1.807) is 37.3 Å². The highest BCUT2D eigenvalue weighted by Gasteiger charge is 2.11. The van der Waals surface area contributed by atoms with E-state index in [9.17, 15) is 9.59 Å². The second kappa shape index (κ2) is 9.33. The molecule has 1 amide bonds. The van der Waals surface area contributed by atoms with Crippen molar-refractivity contribution in [1.29, 1.82) is 0 Å². The van der Waals surface area contributed by atoms with Crippen LogP contribution in [-0.2, 0) is 4.79 Å². The predicted octanol–water partition coefficient (Wildman–Crippen LogP) is 3.23. The third-order valence-electron chi connectivity index (χ3n) is 3.55. The van der Waals surface area contributed by atoms with Crippen LogP contribution in [0.2, 0.25) is 0 Å². The normalized spacial score (nSPS) is 11.0. The van der Waals surface area contributed by atoms with Crippen molar-refractivity contribution in [3.05, 3.63) is 82.4 Å². The molecule has 0 aliphatic carbocycles. The molecule has 0 saturated heterocycles. The first-order valence-corrected chi connectivity index (χ1v) is 9.06. The molecule has 0 aliphatic heterocycles. The van der Waals surface area contributed by atoms with E-state index in [2.05, 4.69) is 20.1 Å². The van der Waals surface area contributed by atoms with Gasteiger partial charge in [0.1, 0.15) is 10.6 Å². The van der Waals surface area contributed by atoms with Crippen LogP contribution in [0.1, 0.15) is 26.5 Å². The van der Waals surface area contributed by atoms with E-state index >= 15 is 0 Å². The Labute approximate surface area is 165 Å². The number of nitrogens with zero attached hydrogens (tertiary/aromatic N) is 3. The van der Waals surface area contributed by atoms with Gasteiger partial charge in [-0.15, -0.1) is 5.10 Å². The molecule has 0 atom stereocenters. The largest absolute Gasteiger partial charge is 0.423 e. The summed E-state index contributed by atoms with van der Waals surface area (Å²) in [4.78, 5) is 24.2. The van der Waals surface area contributed by atoms with Gasteiger partial charge >= 0.3 is 5.97 Å². The van der Waals surface area contributed by atoms with Gasteiger partial charge in [-0.25, -0.2) is 10.2 Å². The molecule has 0 radical (unpaired) electrons. The molecule has 1 aromatic heterocycles. The second-order valence-electron chi connectivity index (χ2n) is 5.62. The van der Waals surface area contributed by atoms with Gasteiger partial charge in [0.2, 0.25) is 0 Å². The summed E-state index contributed by atoms with van der Waals surface area (Å²) in [6.45, 7) is 1.71. The zero-order chi connectivity index (χ0) is 19.8. The highest BCUT2D eigenvalue weighted by molar-refractivity contribution is 7.07. The maximum atomic E-state index is 11.9. The van der Waals surface area contributed by atoms with E-state index in [0.29, 0.717) is 16.3 Å². The van der Waals surface area contributed by atoms with Crippen molar-refractivity contribution in [3.8, 4) is 5.75 Å². The zero-order valence-electron chi connectivity index (χ0n) is 14.9. The molecule has 0 saturated carbocycles. The second-order valence-corrected chi connectivity index (χ2v) is 6.37. The summed E-state index contributed by atoms with van der Waals surface area (Å²) < 4.78 is 8.95. The van der Waals surface area contributed by atoms with E-state index in [0.717, 1.165) is 22.7 Å². The van der Waals surface area contributed by atoms with E-state index < -0.39 is 5.97 Å². The lowest BCUT2D eigenvalue weighted by Gasteiger charge is -2.02. The number of carbonyl (C=O) groups excluding carboxylic acids is 2. The van der Waals surface area contributed by atoms with Crippen LogP contribution < -0.4 is 10.2 Å². The van der Waals surface area contributed by atoms with Gasteiger partial charge in [-0.2, -0.15) is 5.10 Å². The quantitative estimate of drug-likeness (QED) is 0.229. The van der Waals surface area contributed by atoms with Gasteiger partial charge in [0.15, 0.2) is 0 Å². The summed E-state index contributed by atoms with van der Waals surface area (Å²) in [5.74, 6) is -0.416. The average molecular weight is 392 g/mol. The SMILES string of the molecule is Cc1nnsc1C(=O)NN=Cc1ccc(OC(=O)C=Cc2ccccc2)cc1. The molecule has 28 heavy (non-hydrogen) atoms. The number of aromatic nitrogens is 2. The van der Waals surface area contributed by atoms with E-state index in [1.807, 2.05) is 30.3 Å². The van der Waals surface area contributed by atoms with E-state index in [-0.39, 0.29) is 5.91 Å². The summed E-state index contributed by atoms with van der Waals surface area (Å²) in [6.07, 6.45) is 4.55. The number of rotatable bonds is 6. The standard InChI is InChI=1S/C20H16N4O3S/c1-14-19(28-24-22-14)20(26)23-21-13-16-7-10-17(11-8-16)27-18(25)12-9-15-5-3-2-4-6-15/h2-13H,1H3,(H,23,26). The predicted molar refractivity (Wildman–Crippen MR) is 107 cm³/mol. The molecule has 2 aromatic carbocycles. The van der Waals surface area contributed by atoms with Gasteiger partial charge in [-0.3, -0.25) is 4.79 Å². The van der Waals surface area contributed by atoms with Crippen LogP contribution in [0, 0.1) is 6.92 Å². The zero-order valence-corrected chi connectivity index (χ0v) is 15.7. The lowest BCUT2D eigenvalue weighted by Crippen LogP contribution is -2.17. The number of benzene rings is 2. The number of hydrogen-bond acceptors (Lipinski definition) is 7.